The molecule has 1 aliphatic heterocycles. The molecular formula is C12H17NOS. The maximum atomic E-state index is 6.02. The average molecular weight is 223 g/mol. The van der Waals surface area contributed by atoms with E-state index in [4.69, 9.17) is 10.5 Å². The fourth-order valence-electron chi connectivity index (χ4n) is 3.05. The van der Waals surface area contributed by atoms with Crippen LogP contribution in [0.15, 0.2) is 17.5 Å². The topological polar surface area (TPSA) is 35.2 Å². The fraction of sp³-hybridized carbons (Fsp3) is 0.667. The van der Waals surface area contributed by atoms with Crippen molar-refractivity contribution in [3.63, 3.8) is 0 Å². The highest BCUT2D eigenvalue weighted by molar-refractivity contribution is 7.10. The van der Waals surface area contributed by atoms with Crippen LogP contribution in [0, 0.1) is 5.41 Å². The minimum atomic E-state index is 0.258. The molecule has 82 valence electrons. The molecular weight excluding hydrogens is 206 g/mol. The van der Waals surface area contributed by atoms with E-state index in [1.807, 2.05) is 11.3 Å². The molecule has 1 aliphatic carbocycles. The van der Waals surface area contributed by atoms with Crippen molar-refractivity contribution in [2.75, 3.05) is 19.8 Å². The number of rotatable bonds is 3. The minimum absolute atomic E-state index is 0.258. The molecule has 0 aromatic carbocycles. The molecule has 1 aromatic heterocycles. The van der Waals surface area contributed by atoms with Crippen molar-refractivity contribution < 1.29 is 4.74 Å². The predicted octanol–water partition coefficient (Wildman–Crippen LogP) is 2.15. The summed E-state index contributed by atoms with van der Waals surface area (Å²) >= 11 is 1.86. The van der Waals surface area contributed by atoms with Crippen LogP contribution in [-0.2, 0) is 10.2 Å². The molecule has 2 N–H and O–H groups in total. The van der Waals surface area contributed by atoms with Gasteiger partial charge in [0.2, 0.25) is 0 Å². The Morgan fingerprint density at radius 2 is 2.20 bits per heavy atom. The number of nitrogens with two attached hydrogens (primary N) is 1. The van der Waals surface area contributed by atoms with Gasteiger partial charge in [-0.3, -0.25) is 0 Å². The van der Waals surface area contributed by atoms with Gasteiger partial charge in [0.05, 0.1) is 18.6 Å². The van der Waals surface area contributed by atoms with Gasteiger partial charge < -0.3 is 10.5 Å². The molecule has 2 heterocycles. The monoisotopic (exact) mass is 223 g/mol. The van der Waals surface area contributed by atoms with Crippen molar-refractivity contribution in [1.29, 1.82) is 0 Å². The first-order chi connectivity index (χ1) is 7.33. The molecule has 15 heavy (non-hydrogen) atoms. The van der Waals surface area contributed by atoms with Crippen LogP contribution in [0.1, 0.15) is 24.1 Å². The number of hydrogen-bond donors (Lipinski definition) is 1. The second-order valence-corrected chi connectivity index (χ2v) is 5.84. The van der Waals surface area contributed by atoms with Crippen LogP contribution in [0.3, 0.4) is 0 Å². The molecule has 2 nitrogen and oxygen atoms in total. The lowest BCUT2D eigenvalue weighted by Crippen LogP contribution is -2.64. The molecule has 0 spiro atoms. The largest absolute Gasteiger partial charge is 0.379 e. The Hall–Kier alpha value is -0.380. The number of thiophene rings is 1. The average Bonchev–Trinajstić information content (AvgIpc) is 2.60. The highest BCUT2D eigenvalue weighted by atomic mass is 32.1. The van der Waals surface area contributed by atoms with Crippen LogP contribution in [0.5, 0.6) is 0 Å². The van der Waals surface area contributed by atoms with Crippen LogP contribution in [-0.4, -0.2) is 19.8 Å². The molecule has 2 fully saturated rings. The van der Waals surface area contributed by atoms with Crippen LogP contribution < -0.4 is 5.73 Å². The first kappa shape index (κ1) is 9.82. The molecule has 0 unspecified atom stereocenters. The second-order valence-electron chi connectivity index (χ2n) is 4.89. The summed E-state index contributed by atoms with van der Waals surface area (Å²) in [4.78, 5) is 1.49. The lowest BCUT2D eigenvalue weighted by molar-refractivity contribution is -0.152. The zero-order valence-corrected chi connectivity index (χ0v) is 9.69. The molecule has 0 radical (unpaired) electrons. The van der Waals surface area contributed by atoms with E-state index in [1.54, 1.807) is 0 Å². The van der Waals surface area contributed by atoms with Crippen molar-refractivity contribution in [1.82, 2.24) is 0 Å². The molecule has 1 aromatic rings. The van der Waals surface area contributed by atoms with Crippen LogP contribution in [0.25, 0.3) is 0 Å². The van der Waals surface area contributed by atoms with Crippen molar-refractivity contribution >= 4 is 11.3 Å². The quantitative estimate of drug-likeness (QED) is 0.852. The third-order valence-corrected chi connectivity index (χ3v) is 5.48. The van der Waals surface area contributed by atoms with Gasteiger partial charge in [0.1, 0.15) is 0 Å². The summed E-state index contributed by atoms with van der Waals surface area (Å²) in [6.45, 7) is 2.57. The Bertz CT molecular complexity index is 333. The predicted molar refractivity (Wildman–Crippen MR) is 62.2 cm³/mol. The van der Waals surface area contributed by atoms with Gasteiger partial charge in [0.15, 0.2) is 0 Å². The summed E-state index contributed by atoms with van der Waals surface area (Å²) in [6.07, 6.45) is 3.90. The zero-order chi connectivity index (χ0) is 10.4. The van der Waals surface area contributed by atoms with Crippen molar-refractivity contribution in [2.24, 2.45) is 11.1 Å². The van der Waals surface area contributed by atoms with E-state index in [-0.39, 0.29) is 5.41 Å². The molecule has 1 saturated carbocycles. The van der Waals surface area contributed by atoms with Gasteiger partial charge in [-0.25, -0.2) is 0 Å². The van der Waals surface area contributed by atoms with Gasteiger partial charge in [-0.15, -0.1) is 11.3 Å². The first-order valence-electron chi connectivity index (χ1n) is 5.65. The lowest BCUT2D eigenvalue weighted by atomic mass is 9.51. The van der Waals surface area contributed by atoms with Crippen molar-refractivity contribution in [2.45, 2.75) is 24.7 Å². The Balaban J connectivity index is 1.99. The van der Waals surface area contributed by atoms with Gasteiger partial charge in [-0.1, -0.05) is 12.5 Å². The smallest absolute Gasteiger partial charge is 0.0599 e. The molecule has 3 heteroatoms. The summed E-state index contributed by atoms with van der Waals surface area (Å²) in [5.41, 5.74) is 6.62. The standard InChI is InChI=1S/C12H17NOS/c13-7-11(4-2-5-11)12(8-14-9-12)10-3-1-6-15-10/h1,3,6H,2,4-5,7-9,13H2. The molecule has 0 amide bonds. The second kappa shape index (κ2) is 3.30. The summed E-state index contributed by atoms with van der Waals surface area (Å²) in [7, 11) is 0. The van der Waals surface area contributed by atoms with Gasteiger partial charge in [0.25, 0.3) is 0 Å². The Labute approximate surface area is 94.4 Å². The highest BCUT2D eigenvalue weighted by Gasteiger charge is 2.59. The summed E-state index contributed by atoms with van der Waals surface area (Å²) < 4.78 is 5.50. The Kier molecular flexibility index (Phi) is 2.16. The molecule has 0 bridgehead atoms. The Morgan fingerprint density at radius 1 is 1.40 bits per heavy atom. The van der Waals surface area contributed by atoms with E-state index in [2.05, 4.69) is 17.5 Å². The fourth-order valence-corrected chi connectivity index (χ4v) is 4.07. The van der Waals surface area contributed by atoms with Gasteiger partial charge >= 0.3 is 0 Å². The number of ether oxygens (including phenoxy) is 1. The van der Waals surface area contributed by atoms with E-state index < -0.39 is 0 Å². The van der Waals surface area contributed by atoms with E-state index in [0.717, 1.165) is 19.8 Å². The summed E-state index contributed by atoms with van der Waals surface area (Å²) in [6, 6.07) is 4.39. The van der Waals surface area contributed by atoms with Crippen LogP contribution in [0.2, 0.25) is 0 Å². The lowest BCUT2D eigenvalue weighted by Gasteiger charge is -2.59. The van der Waals surface area contributed by atoms with Crippen molar-refractivity contribution in [3.05, 3.63) is 22.4 Å². The third-order valence-electron chi connectivity index (χ3n) is 4.41. The maximum Gasteiger partial charge on any atom is 0.0599 e. The number of hydrogen-bond acceptors (Lipinski definition) is 3. The summed E-state index contributed by atoms with van der Waals surface area (Å²) in [5.74, 6) is 0. The van der Waals surface area contributed by atoms with Crippen molar-refractivity contribution in [3.8, 4) is 0 Å². The van der Waals surface area contributed by atoms with E-state index >= 15 is 0 Å². The van der Waals surface area contributed by atoms with E-state index in [9.17, 15) is 0 Å². The third kappa shape index (κ3) is 1.11. The zero-order valence-electron chi connectivity index (χ0n) is 8.87. The molecule has 3 rings (SSSR count). The van der Waals surface area contributed by atoms with Crippen LogP contribution in [0.4, 0.5) is 0 Å². The summed E-state index contributed by atoms with van der Waals surface area (Å²) in [5, 5.41) is 2.16. The molecule has 2 aliphatic rings. The van der Waals surface area contributed by atoms with Gasteiger partial charge in [-0.05, 0) is 36.2 Å². The van der Waals surface area contributed by atoms with Gasteiger partial charge in [-0.2, -0.15) is 0 Å². The maximum absolute atomic E-state index is 6.02. The van der Waals surface area contributed by atoms with E-state index in [0.29, 0.717) is 5.41 Å². The Morgan fingerprint density at radius 3 is 2.53 bits per heavy atom. The highest BCUT2D eigenvalue weighted by Crippen LogP contribution is 2.58. The first-order valence-corrected chi connectivity index (χ1v) is 6.53. The normalized spacial score (nSPS) is 26.7. The van der Waals surface area contributed by atoms with Gasteiger partial charge in [0, 0.05) is 4.88 Å². The molecule has 0 atom stereocenters. The van der Waals surface area contributed by atoms with E-state index in [1.165, 1.54) is 24.1 Å². The van der Waals surface area contributed by atoms with Crippen LogP contribution >= 0.6 is 11.3 Å². The molecule has 1 saturated heterocycles. The SMILES string of the molecule is NCC1(C2(c3cccs3)COC2)CCC1. The minimum Gasteiger partial charge on any atom is -0.379 e.